The summed E-state index contributed by atoms with van der Waals surface area (Å²) in [4.78, 5) is 16.5. The van der Waals surface area contributed by atoms with Crippen LogP contribution in [0.2, 0.25) is 0 Å². The standard InChI is InChI=1S/C13H13BrIN3O/c1-2-5-18-13(16-8-17-18)7-12(19)10-6-9(14)3-4-11(10)15/h3-4,6,8H,2,5,7H2,1H3. The van der Waals surface area contributed by atoms with Crippen LogP contribution in [0.4, 0.5) is 0 Å². The molecule has 4 nitrogen and oxygen atoms in total. The average Bonchev–Trinajstić information content (AvgIpc) is 2.80. The molecule has 2 rings (SSSR count). The molecule has 19 heavy (non-hydrogen) atoms. The van der Waals surface area contributed by atoms with E-state index in [4.69, 9.17) is 0 Å². The van der Waals surface area contributed by atoms with Crippen molar-refractivity contribution in [2.75, 3.05) is 0 Å². The molecule has 100 valence electrons. The van der Waals surface area contributed by atoms with Crippen LogP contribution in [-0.2, 0) is 13.0 Å². The Labute approximate surface area is 133 Å². The van der Waals surface area contributed by atoms with Gasteiger partial charge < -0.3 is 0 Å². The number of halogens is 2. The van der Waals surface area contributed by atoms with Gasteiger partial charge in [-0.2, -0.15) is 5.10 Å². The molecule has 6 heteroatoms. The van der Waals surface area contributed by atoms with Crippen LogP contribution in [0, 0.1) is 3.57 Å². The van der Waals surface area contributed by atoms with E-state index in [0.29, 0.717) is 0 Å². The Bertz CT molecular complexity index is 597. The summed E-state index contributed by atoms with van der Waals surface area (Å²) in [5.41, 5.74) is 0.723. The minimum atomic E-state index is 0.0658. The molecular weight excluding hydrogens is 421 g/mol. The molecule has 1 aromatic carbocycles. The van der Waals surface area contributed by atoms with Gasteiger partial charge in [0.05, 0.1) is 6.42 Å². The van der Waals surface area contributed by atoms with Gasteiger partial charge in [-0.1, -0.05) is 22.9 Å². The zero-order valence-electron chi connectivity index (χ0n) is 10.4. The third-order valence-electron chi connectivity index (χ3n) is 2.68. The van der Waals surface area contributed by atoms with Crippen LogP contribution < -0.4 is 0 Å². The lowest BCUT2D eigenvalue weighted by molar-refractivity contribution is 0.0988. The first kappa shape index (κ1) is 14.6. The predicted octanol–water partition coefficient (Wildman–Crippen LogP) is 3.48. The van der Waals surface area contributed by atoms with Gasteiger partial charge in [-0.15, -0.1) is 0 Å². The summed E-state index contributed by atoms with van der Waals surface area (Å²) in [6, 6.07) is 5.71. The van der Waals surface area contributed by atoms with E-state index in [2.05, 4.69) is 55.5 Å². The van der Waals surface area contributed by atoms with Gasteiger partial charge in [0, 0.05) is 20.2 Å². The lowest BCUT2D eigenvalue weighted by Gasteiger charge is -2.06. The monoisotopic (exact) mass is 433 g/mol. The van der Waals surface area contributed by atoms with Crippen molar-refractivity contribution in [3.63, 3.8) is 0 Å². The van der Waals surface area contributed by atoms with E-state index < -0.39 is 0 Å². The molecule has 0 unspecified atom stereocenters. The minimum absolute atomic E-state index is 0.0658. The molecule has 0 N–H and O–H groups in total. The Morgan fingerprint density at radius 1 is 1.47 bits per heavy atom. The molecule has 0 bridgehead atoms. The maximum Gasteiger partial charge on any atom is 0.171 e. The fourth-order valence-electron chi connectivity index (χ4n) is 1.77. The smallest absolute Gasteiger partial charge is 0.171 e. The molecule has 0 saturated carbocycles. The molecule has 0 saturated heterocycles. The molecule has 0 spiro atoms. The Kier molecular flexibility index (Phi) is 5.09. The van der Waals surface area contributed by atoms with E-state index >= 15 is 0 Å². The van der Waals surface area contributed by atoms with E-state index in [1.54, 1.807) is 4.68 Å². The third-order valence-corrected chi connectivity index (χ3v) is 4.11. The van der Waals surface area contributed by atoms with Crippen LogP contribution in [-0.4, -0.2) is 20.5 Å². The zero-order valence-corrected chi connectivity index (χ0v) is 14.2. The number of hydrogen-bond acceptors (Lipinski definition) is 3. The molecule has 0 amide bonds. The van der Waals surface area contributed by atoms with Gasteiger partial charge >= 0.3 is 0 Å². The Morgan fingerprint density at radius 3 is 3.00 bits per heavy atom. The van der Waals surface area contributed by atoms with Crippen molar-refractivity contribution in [2.45, 2.75) is 26.3 Å². The van der Waals surface area contributed by atoms with Crippen molar-refractivity contribution in [1.29, 1.82) is 0 Å². The summed E-state index contributed by atoms with van der Waals surface area (Å²) in [5.74, 6) is 0.790. The van der Waals surface area contributed by atoms with Crippen molar-refractivity contribution in [3.05, 3.63) is 44.0 Å². The van der Waals surface area contributed by atoms with E-state index in [9.17, 15) is 4.79 Å². The number of aromatic nitrogens is 3. The van der Waals surface area contributed by atoms with Crippen LogP contribution in [0.1, 0.15) is 29.5 Å². The second kappa shape index (κ2) is 6.60. The first-order valence-corrected chi connectivity index (χ1v) is 7.84. The first-order valence-electron chi connectivity index (χ1n) is 5.96. The highest BCUT2D eigenvalue weighted by molar-refractivity contribution is 14.1. The molecule has 1 aromatic heterocycles. The number of rotatable bonds is 5. The molecule has 2 aromatic rings. The van der Waals surface area contributed by atoms with Gasteiger partial charge in [-0.3, -0.25) is 4.79 Å². The SMILES string of the molecule is CCCn1ncnc1CC(=O)c1cc(Br)ccc1I. The maximum absolute atomic E-state index is 12.3. The average molecular weight is 434 g/mol. The number of benzene rings is 1. The molecule has 0 aliphatic rings. The number of carbonyl (C=O) groups excluding carboxylic acids is 1. The molecule has 1 heterocycles. The number of nitrogens with zero attached hydrogens (tertiary/aromatic N) is 3. The van der Waals surface area contributed by atoms with Crippen LogP contribution in [0.25, 0.3) is 0 Å². The van der Waals surface area contributed by atoms with E-state index in [1.807, 2.05) is 18.2 Å². The lowest BCUT2D eigenvalue weighted by atomic mass is 10.1. The largest absolute Gasteiger partial charge is 0.294 e. The van der Waals surface area contributed by atoms with E-state index in [0.717, 1.165) is 32.4 Å². The highest BCUT2D eigenvalue weighted by Crippen LogP contribution is 2.20. The van der Waals surface area contributed by atoms with E-state index in [-0.39, 0.29) is 12.2 Å². The molecule has 0 aliphatic carbocycles. The van der Waals surface area contributed by atoms with Crippen LogP contribution in [0.5, 0.6) is 0 Å². The van der Waals surface area contributed by atoms with Gasteiger partial charge in [-0.25, -0.2) is 9.67 Å². The van der Waals surface area contributed by atoms with Crippen molar-refractivity contribution in [2.24, 2.45) is 0 Å². The summed E-state index contributed by atoms with van der Waals surface area (Å²) >= 11 is 5.57. The van der Waals surface area contributed by atoms with Gasteiger partial charge in [0.25, 0.3) is 0 Å². The van der Waals surface area contributed by atoms with Gasteiger partial charge in [0.1, 0.15) is 12.2 Å². The summed E-state index contributed by atoms with van der Waals surface area (Å²) in [5, 5.41) is 4.13. The summed E-state index contributed by atoms with van der Waals surface area (Å²) in [7, 11) is 0. The third kappa shape index (κ3) is 3.62. The molecule has 0 radical (unpaired) electrons. The van der Waals surface area contributed by atoms with Crippen LogP contribution >= 0.6 is 38.5 Å². The minimum Gasteiger partial charge on any atom is -0.294 e. The zero-order chi connectivity index (χ0) is 13.8. The quantitative estimate of drug-likeness (QED) is 0.535. The summed E-state index contributed by atoms with van der Waals surface area (Å²) < 4.78 is 3.65. The van der Waals surface area contributed by atoms with Crippen LogP contribution in [0.3, 0.4) is 0 Å². The highest BCUT2D eigenvalue weighted by atomic mass is 127. The van der Waals surface area contributed by atoms with Crippen molar-refractivity contribution in [3.8, 4) is 0 Å². The highest BCUT2D eigenvalue weighted by Gasteiger charge is 2.14. The Morgan fingerprint density at radius 2 is 2.26 bits per heavy atom. The molecule has 0 atom stereocenters. The number of Topliss-reactive ketones (excluding diaryl/α,β-unsaturated/α-hetero) is 1. The van der Waals surface area contributed by atoms with Crippen LogP contribution in [0.15, 0.2) is 29.0 Å². The van der Waals surface area contributed by atoms with Gasteiger partial charge in [-0.05, 0) is 47.2 Å². The predicted molar refractivity (Wildman–Crippen MR) is 85.2 cm³/mol. The fraction of sp³-hybridized carbons (Fsp3) is 0.308. The normalized spacial score (nSPS) is 10.7. The van der Waals surface area contributed by atoms with Gasteiger partial charge in [0.15, 0.2) is 5.78 Å². The number of carbonyl (C=O) groups is 1. The maximum atomic E-state index is 12.3. The fourth-order valence-corrected chi connectivity index (χ4v) is 2.77. The van der Waals surface area contributed by atoms with E-state index in [1.165, 1.54) is 6.33 Å². The summed E-state index contributed by atoms with van der Waals surface area (Å²) in [6.45, 7) is 2.86. The molecule has 0 fully saturated rings. The topological polar surface area (TPSA) is 47.8 Å². The number of hydrogen-bond donors (Lipinski definition) is 0. The second-order valence-corrected chi connectivity index (χ2v) is 6.20. The second-order valence-electron chi connectivity index (χ2n) is 4.12. The Hall–Kier alpha value is -0.760. The van der Waals surface area contributed by atoms with Crippen molar-refractivity contribution >= 4 is 44.3 Å². The summed E-state index contributed by atoms with van der Waals surface area (Å²) in [6.07, 6.45) is 2.76. The number of aryl methyl sites for hydroxylation is 1. The lowest BCUT2D eigenvalue weighted by Crippen LogP contribution is -2.12. The first-order chi connectivity index (χ1) is 9.11. The number of ketones is 1. The molecule has 0 aliphatic heterocycles. The van der Waals surface area contributed by atoms with Crippen molar-refractivity contribution in [1.82, 2.24) is 14.8 Å². The van der Waals surface area contributed by atoms with Gasteiger partial charge in [0.2, 0.25) is 0 Å². The van der Waals surface area contributed by atoms with Crippen molar-refractivity contribution < 1.29 is 4.79 Å². The Balaban J connectivity index is 2.21. The molecular formula is C13H13BrIN3O.